The van der Waals surface area contributed by atoms with Crippen LogP contribution in [-0.4, -0.2) is 24.5 Å². The largest absolute Gasteiger partial charge is 0.494 e. The summed E-state index contributed by atoms with van der Waals surface area (Å²) in [6, 6.07) is 11.0. The highest BCUT2D eigenvalue weighted by molar-refractivity contribution is 5.81. The number of para-hydroxylation sites is 1. The van der Waals surface area contributed by atoms with E-state index < -0.39 is 0 Å². The molecule has 2 aliphatic heterocycles. The summed E-state index contributed by atoms with van der Waals surface area (Å²) in [5, 5.41) is 3.59. The van der Waals surface area contributed by atoms with Gasteiger partial charge in [-0.2, -0.15) is 0 Å². The minimum absolute atomic E-state index is 0.297. The Balaban J connectivity index is 1.37. The molecule has 0 aliphatic carbocycles. The lowest BCUT2D eigenvalue weighted by atomic mass is 9.87. The lowest BCUT2D eigenvalue weighted by Crippen LogP contribution is -2.40. The maximum absolute atomic E-state index is 12.2. The molecule has 3 rings (SSSR count). The quantitative estimate of drug-likeness (QED) is 0.810. The molecule has 3 heteroatoms. The van der Waals surface area contributed by atoms with E-state index in [1.165, 1.54) is 12.8 Å². The molecule has 0 saturated carbocycles. The number of ketones is 1. The number of piperidine rings is 1. The van der Waals surface area contributed by atoms with Crippen LogP contribution in [0, 0.1) is 5.92 Å². The lowest BCUT2D eigenvalue weighted by molar-refractivity contribution is -0.124. The summed E-state index contributed by atoms with van der Waals surface area (Å²) in [6.45, 7) is 0.633. The summed E-state index contributed by atoms with van der Waals surface area (Å²) in [6.07, 6.45) is 6.10. The molecule has 0 radical (unpaired) electrons. The van der Waals surface area contributed by atoms with E-state index in [0.29, 0.717) is 36.8 Å². The van der Waals surface area contributed by atoms with Gasteiger partial charge in [-0.1, -0.05) is 18.2 Å². The van der Waals surface area contributed by atoms with Gasteiger partial charge in [-0.3, -0.25) is 4.79 Å². The van der Waals surface area contributed by atoms with Gasteiger partial charge in [-0.25, -0.2) is 0 Å². The number of nitrogens with one attached hydrogen (secondary N) is 1. The Kier molecular flexibility index (Phi) is 4.36. The molecule has 0 spiro atoms. The van der Waals surface area contributed by atoms with Crippen LogP contribution >= 0.6 is 0 Å². The number of carbonyl (C=O) groups is 1. The molecule has 0 aromatic heterocycles. The van der Waals surface area contributed by atoms with Crippen molar-refractivity contribution in [3.05, 3.63) is 30.3 Å². The van der Waals surface area contributed by atoms with E-state index in [0.717, 1.165) is 25.0 Å². The number of hydrogen-bond acceptors (Lipinski definition) is 3. The van der Waals surface area contributed by atoms with Crippen LogP contribution < -0.4 is 10.1 Å². The number of ether oxygens (including phenoxy) is 1. The zero-order chi connectivity index (χ0) is 13.8. The van der Waals surface area contributed by atoms with Crippen LogP contribution in [0.4, 0.5) is 0 Å². The molecule has 20 heavy (non-hydrogen) atoms. The first-order chi connectivity index (χ1) is 9.81. The third-order valence-electron chi connectivity index (χ3n) is 4.51. The maximum Gasteiger partial charge on any atom is 0.136 e. The molecule has 1 aromatic carbocycles. The summed E-state index contributed by atoms with van der Waals surface area (Å²) in [5.74, 6) is 1.63. The van der Waals surface area contributed by atoms with Crippen LogP contribution in [0.3, 0.4) is 0 Å². The average Bonchev–Trinajstić information content (AvgIpc) is 2.83. The first kappa shape index (κ1) is 13.6. The van der Waals surface area contributed by atoms with Crippen molar-refractivity contribution in [2.24, 2.45) is 5.92 Å². The van der Waals surface area contributed by atoms with Crippen LogP contribution in [0.5, 0.6) is 5.75 Å². The van der Waals surface area contributed by atoms with Crippen LogP contribution in [0.15, 0.2) is 30.3 Å². The molecule has 2 saturated heterocycles. The van der Waals surface area contributed by atoms with E-state index in [1.807, 2.05) is 30.3 Å². The van der Waals surface area contributed by atoms with Crippen LogP contribution in [0.25, 0.3) is 0 Å². The fraction of sp³-hybridized carbons (Fsp3) is 0.588. The average molecular weight is 273 g/mol. The summed E-state index contributed by atoms with van der Waals surface area (Å²) in [5.41, 5.74) is 0. The third-order valence-corrected chi connectivity index (χ3v) is 4.51. The number of benzene rings is 1. The molecule has 1 aromatic rings. The topological polar surface area (TPSA) is 38.3 Å². The van der Waals surface area contributed by atoms with Gasteiger partial charge in [0.2, 0.25) is 0 Å². The van der Waals surface area contributed by atoms with Gasteiger partial charge in [-0.15, -0.1) is 0 Å². The standard InChI is InChI=1S/C17H23NO2/c19-17(13-11-14-8-9-15(12-13)18-14)7-4-10-20-16-5-2-1-3-6-16/h1-3,5-6,13-15,18H,4,7-12H2. The van der Waals surface area contributed by atoms with Crippen molar-refractivity contribution < 1.29 is 9.53 Å². The second-order valence-electron chi connectivity index (χ2n) is 6.04. The molecule has 3 nitrogen and oxygen atoms in total. The first-order valence-electron chi connectivity index (χ1n) is 7.78. The molecule has 1 N–H and O–H groups in total. The Morgan fingerprint density at radius 2 is 1.85 bits per heavy atom. The van der Waals surface area contributed by atoms with Gasteiger partial charge in [0.1, 0.15) is 11.5 Å². The SMILES string of the molecule is O=C(CCCOc1ccccc1)C1CC2CCC(C1)N2. The molecule has 108 valence electrons. The molecule has 0 amide bonds. The summed E-state index contributed by atoms with van der Waals surface area (Å²) >= 11 is 0. The van der Waals surface area contributed by atoms with E-state index in [9.17, 15) is 4.79 Å². The Morgan fingerprint density at radius 1 is 1.15 bits per heavy atom. The van der Waals surface area contributed by atoms with Gasteiger partial charge in [0.15, 0.2) is 0 Å². The van der Waals surface area contributed by atoms with Gasteiger partial charge in [-0.05, 0) is 44.2 Å². The second kappa shape index (κ2) is 6.40. The summed E-state index contributed by atoms with van der Waals surface area (Å²) < 4.78 is 5.63. The second-order valence-corrected chi connectivity index (χ2v) is 6.04. The normalized spacial score (nSPS) is 28.3. The van der Waals surface area contributed by atoms with Gasteiger partial charge in [0.05, 0.1) is 6.61 Å². The van der Waals surface area contributed by atoms with E-state index in [4.69, 9.17) is 4.74 Å². The number of fused-ring (bicyclic) bond motifs is 2. The minimum Gasteiger partial charge on any atom is -0.494 e. The number of carbonyl (C=O) groups excluding carboxylic acids is 1. The van der Waals surface area contributed by atoms with Gasteiger partial charge < -0.3 is 10.1 Å². The predicted octanol–water partition coefficient (Wildman–Crippen LogP) is 2.95. The highest BCUT2D eigenvalue weighted by Crippen LogP contribution is 2.32. The molecule has 2 unspecified atom stereocenters. The first-order valence-corrected chi connectivity index (χ1v) is 7.78. The number of hydrogen-bond donors (Lipinski definition) is 1. The smallest absolute Gasteiger partial charge is 0.136 e. The minimum atomic E-state index is 0.297. The molecule has 2 aliphatic rings. The van der Waals surface area contributed by atoms with Gasteiger partial charge in [0.25, 0.3) is 0 Å². The van der Waals surface area contributed by atoms with Crippen molar-refractivity contribution >= 4 is 5.78 Å². The van der Waals surface area contributed by atoms with Crippen molar-refractivity contribution in [3.63, 3.8) is 0 Å². The van der Waals surface area contributed by atoms with Crippen LogP contribution in [0.2, 0.25) is 0 Å². The summed E-state index contributed by atoms with van der Waals surface area (Å²) in [4.78, 5) is 12.2. The molecule has 2 fully saturated rings. The molecular weight excluding hydrogens is 250 g/mol. The third kappa shape index (κ3) is 3.40. The van der Waals surface area contributed by atoms with Crippen LogP contribution in [-0.2, 0) is 4.79 Å². The fourth-order valence-corrected chi connectivity index (χ4v) is 3.48. The predicted molar refractivity (Wildman–Crippen MR) is 78.8 cm³/mol. The molecular formula is C17H23NO2. The van der Waals surface area contributed by atoms with Crippen molar-refractivity contribution in [2.75, 3.05) is 6.61 Å². The Morgan fingerprint density at radius 3 is 2.55 bits per heavy atom. The van der Waals surface area contributed by atoms with E-state index >= 15 is 0 Å². The fourth-order valence-electron chi connectivity index (χ4n) is 3.48. The number of rotatable bonds is 6. The highest BCUT2D eigenvalue weighted by atomic mass is 16.5. The van der Waals surface area contributed by atoms with Crippen molar-refractivity contribution in [1.82, 2.24) is 5.32 Å². The van der Waals surface area contributed by atoms with E-state index in [1.54, 1.807) is 0 Å². The Labute approximate surface area is 120 Å². The Bertz CT molecular complexity index is 434. The Hall–Kier alpha value is -1.35. The van der Waals surface area contributed by atoms with Crippen LogP contribution in [0.1, 0.15) is 38.5 Å². The van der Waals surface area contributed by atoms with Gasteiger partial charge in [0, 0.05) is 24.4 Å². The van der Waals surface area contributed by atoms with Crippen molar-refractivity contribution in [2.45, 2.75) is 50.6 Å². The summed E-state index contributed by atoms with van der Waals surface area (Å²) in [7, 11) is 0. The van der Waals surface area contributed by atoms with E-state index in [2.05, 4.69) is 5.32 Å². The zero-order valence-electron chi connectivity index (χ0n) is 11.9. The molecule has 2 heterocycles. The van der Waals surface area contributed by atoms with Crippen molar-refractivity contribution in [3.8, 4) is 5.75 Å². The lowest BCUT2D eigenvalue weighted by Gasteiger charge is -2.28. The zero-order valence-corrected chi connectivity index (χ0v) is 11.9. The highest BCUT2D eigenvalue weighted by Gasteiger charge is 2.35. The van der Waals surface area contributed by atoms with Gasteiger partial charge >= 0.3 is 0 Å². The molecule has 2 atom stereocenters. The molecule has 2 bridgehead atoms. The monoisotopic (exact) mass is 273 g/mol. The maximum atomic E-state index is 12.2. The van der Waals surface area contributed by atoms with E-state index in [-0.39, 0.29) is 0 Å². The number of Topliss-reactive ketones (excluding diaryl/α,β-unsaturated/α-hetero) is 1. The van der Waals surface area contributed by atoms with Crippen molar-refractivity contribution in [1.29, 1.82) is 0 Å².